The molecule has 0 aliphatic carbocycles. The molecule has 7 atom stereocenters. The summed E-state index contributed by atoms with van der Waals surface area (Å²) in [4.78, 5) is 91.4. The van der Waals surface area contributed by atoms with Gasteiger partial charge in [0.25, 0.3) is 20.3 Å². The van der Waals surface area contributed by atoms with Crippen LogP contribution in [0.2, 0.25) is 0 Å². The third-order valence-corrected chi connectivity index (χ3v) is 3.83. The first-order valence-corrected chi connectivity index (χ1v) is 13.4. The Morgan fingerprint density at radius 3 is 1.29 bits per heavy atom. The zero-order chi connectivity index (χ0) is 38.3. The van der Waals surface area contributed by atoms with Crippen molar-refractivity contribution in [1.82, 2.24) is 0 Å². The van der Waals surface area contributed by atoms with E-state index in [0.29, 0.717) is 0 Å². The van der Waals surface area contributed by atoms with E-state index in [-0.39, 0.29) is 52.4 Å². The van der Waals surface area contributed by atoms with Crippen molar-refractivity contribution in [2.45, 2.75) is 32.2 Å². The minimum absolute atomic E-state index is 0.00148. The van der Waals surface area contributed by atoms with Gasteiger partial charge in [0.15, 0.2) is 0 Å². The van der Waals surface area contributed by atoms with E-state index < -0.39 is 50.6 Å². The Labute approximate surface area is 279 Å². The Bertz CT molecular complexity index is 904. The van der Waals surface area contributed by atoms with Crippen molar-refractivity contribution in [2.24, 2.45) is 0 Å². The molecule has 0 saturated carbocycles. The maximum absolute atomic E-state index is 10.5. The van der Waals surface area contributed by atoms with Crippen LogP contribution in [-0.4, -0.2) is 108 Å². The molecule has 0 spiro atoms. The summed E-state index contributed by atoms with van der Waals surface area (Å²) in [5, 5.41) is 43.5. The Hall–Kier alpha value is -3.62. The maximum atomic E-state index is 10.5. The van der Waals surface area contributed by atoms with Crippen LogP contribution in [-0.2, 0) is 66.1 Å². The second kappa shape index (κ2) is 41.4. The maximum Gasteiger partial charge on any atom is 0.373 e. The van der Waals surface area contributed by atoms with E-state index in [1.165, 1.54) is 19.9 Å². The van der Waals surface area contributed by atoms with Crippen molar-refractivity contribution < 1.29 is 91.6 Å². The molecular formula is C17H34N4O23P4. The van der Waals surface area contributed by atoms with Gasteiger partial charge in [0.2, 0.25) is 0 Å². The summed E-state index contributed by atoms with van der Waals surface area (Å²) in [6.07, 6.45) is 0.0866. The molecule has 0 heterocycles. The van der Waals surface area contributed by atoms with Gasteiger partial charge in [-0.25, -0.2) is 0 Å². The number of nitrogens with zero attached hydrogens (tertiary/aromatic N) is 4. The molecule has 0 amide bonds. The predicted molar refractivity (Wildman–Crippen MR) is 161 cm³/mol. The molecule has 0 fully saturated rings. The highest BCUT2D eigenvalue weighted by Gasteiger charge is 2.14. The number of aliphatic hydroxyl groups is 1. The summed E-state index contributed by atoms with van der Waals surface area (Å²) in [7, 11) is 7.79. The van der Waals surface area contributed by atoms with Crippen LogP contribution in [0.3, 0.4) is 0 Å². The van der Waals surface area contributed by atoms with Crippen molar-refractivity contribution in [3.8, 4) is 0 Å². The van der Waals surface area contributed by atoms with E-state index in [0.717, 1.165) is 6.26 Å². The van der Waals surface area contributed by atoms with Gasteiger partial charge in [-0.1, -0.05) is 0 Å². The van der Waals surface area contributed by atoms with Crippen molar-refractivity contribution in [2.75, 3.05) is 46.2 Å². The SMILES string of the molecule is CC(=O)OC(COP)CO[N+](=O)[O-].CC(=O)OC(COP)CO[N+](=O)[O-].O=C=O.O=[N+]([O-])O/C=C\COP.O=[N+]([O-])OCC(O)COP. The number of rotatable bonds is 21. The van der Waals surface area contributed by atoms with Crippen LogP contribution in [0.1, 0.15) is 13.8 Å². The minimum Gasteiger partial charge on any atom is -0.458 e. The van der Waals surface area contributed by atoms with Gasteiger partial charge in [-0.2, -0.15) is 9.59 Å². The highest BCUT2D eigenvalue weighted by atomic mass is 31.0. The molecule has 7 unspecified atom stereocenters. The van der Waals surface area contributed by atoms with Crippen molar-refractivity contribution in [3.05, 3.63) is 52.8 Å². The molecule has 280 valence electrons. The zero-order valence-electron chi connectivity index (χ0n) is 24.9. The van der Waals surface area contributed by atoms with Crippen molar-refractivity contribution in [3.63, 3.8) is 0 Å². The van der Waals surface area contributed by atoms with Crippen LogP contribution in [0.25, 0.3) is 0 Å². The van der Waals surface area contributed by atoms with E-state index in [4.69, 9.17) is 14.7 Å². The van der Waals surface area contributed by atoms with Gasteiger partial charge in [-0.15, -0.1) is 40.5 Å². The fraction of sp³-hybridized carbons (Fsp3) is 0.706. The van der Waals surface area contributed by atoms with Crippen LogP contribution >= 0.6 is 37.9 Å². The third kappa shape index (κ3) is 61.4. The molecule has 0 aliphatic rings. The number of carbonyl (C=O) groups excluding carboxylic acids is 4. The summed E-state index contributed by atoms with van der Waals surface area (Å²) >= 11 is 0. The minimum atomic E-state index is -0.966. The summed E-state index contributed by atoms with van der Waals surface area (Å²) < 4.78 is 27.3. The first-order valence-electron chi connectivity index (χ1n) is 11.5. The average Bonchev–Trinajstić information content (AvgIpc) is 2.97. The van der Waals surface area contributed by atoms with E-state index in [1.807, 2.05) is 37.9 Å². The highest BCUT2D eigenvalue weighted by molar-refractivity contribution is 7.10. The molecule has 48 heavy (non-hydrogen) atoms. The Balaban J connectivity index is -0.000000168. The second-order valence-electron chi connectivity index (χ2n) is 6.79. The lowest BCUT2D eigenvalue weighted by Gasteiger charge is -2.13. The summed E-state index contributed by atoms with van der Waals surface area (Å²) in [6, 6.07) is 0. The van der Waals surface area contributed by atoms with E-state index >= 15 is 0 Å². The normalized spacial score (nSPS) is 11.1. The lowest BCUT2D eigenvalue weighted by Crippen LogP contribution is -2.27. The van der Waals surface area contributed by atoms with Gasteiger partial charge in [0, 0.05) is 51.7 Å². The standard InChI is InChI=1S/2C5H10NO6P.C3H8NO5P.C3H6NO4P.CO2/c2*1-4(7)12-5(3-11-13)2-10-6(8)9;5-3(2-9-10)1-8-4(6)7;5-4(6)7-2-1-3-8-9;2-1-3/h2*5H,2-3,13H2,1H3;3,5H,1-2,10H2;1-2H,3,9H2;/b;;;2-1-;. The summed E-state index contributed by atoms with van der Waals surface area (Å²) in [5.74, 6) is -1.09. The van der Waals surface area contributed by atoms with Gasteiger partial charge in [-0.05, 0) is 6.08 Å². The fourth-order valence-electron chi connectivity index (χ4n) is 1.70. The van der Waals surface area contributed by atoms with Gasteiger partial charge < -0.3 is 47.2 Å². The van der Waals surface area contributed by atoms with E-state index in [9.17, 15) is 50.0 Å². The van der Waals surface area contributed by atoms with Crippen LogP contribution < -0.4 is 0 Å². The summed E-state index contributed by atoms with van der Waals surface area (Å²) in [6.45, 7) is 1.69. The number of hydrogen-bond acceptors (Lipinski definition) is 23. The molecular weight excluding hydrogens is 752 g/mol. The zero-order valence-corrected chi connectivity index (χ0v) is 29.5. The Kier molecular flexibility index (Phi) is 46.5. The highest BCUT2D eigenvalue weighted by Crippen LogP contribution is 2.00. The predicted octanol–water partition coefficient (Wildman–Crippen LogP) is -0.840. The lowest BCUT2D eigenvalue weighted by atomic mass is 10.4. The fourth-order valence-corrected chi connectivity index (χ4v) is 2.46. The van der Waals surface area contributed by atoms with Gasteiger partial charge in [0.05, 0.1) is 32.7 Å². The van der Waals surface area contributed by atoms with Crippen molar-refractivity contribution >= 4 is 56.0 Å². The van der Waals surface area contributed by atoms with Crippen LogP contribution in [0.5, 0.6) is 0 Å². The monoisotopic (exact) mass is 786 g/mol. The van der Waals surface area contributed by atoms with E-state index in [1.54, 1.807) is 0 Å². The average molecular weight is 786 g/mol. The third-order valence-electron chi connectivity index (χ3n) is 3.06. The number of aliphatic hydroxyl groups excluding tert-OH is 1. The Morgan fingerprint density at radius 1 is 0.667 bits per heavy atom. The number of esters is 2. The molecule has 0 saturated heterocycles. The largest absolute Gasteiger partial charge is 0.458 e. The topological polar surface area (TPSA) is 353 Å². The molecule has 0 rings (SSSR count). The first-order chi connectivity index (χ1) is 22.5. The molecule has 0 aromatic rings. The number of carbonyl (C=O) groups is 2. The molecule has 0 radical (unpaired) electrons. The molecule has 27 nitrogen and oxygen atoms in total. The molecule has 0 aromatic heterocycles. The Morgan fingerprint density at radius 2 is 1.02 bits per heavy atom. The van der Waals surface area contributed by atoms with Crippen LogP contribution in [0, 0.1) is 40.5 Å². The van der Waals surface area contributed by atoms with Crippen LogP contribution in [0.15, 0.2) is 12.3 Å². The molecule has 0 aliphatic heterocycles. The molecule has 31 heteroatoms. The number of hydrogen-bond donors (Lipinski definition) is 1. The summed E-state index contributed by atoms with van der Waals surface area (Å²) in [5.41, 5.74) is 0. The quantitative estimate of drug-likeness (QED) is 0.0487. The lowest BCUT2D eigenvalue weighted by molar-refractivity contribution is -0.759. The molecule has 0 aromatic carbocycles. The van der Waals surface area contributed by atoms with Gasteiger partial charge >= 0.3 is 18.1 Å². The smallest absolute Gasteiger partial charge is 0.373 e. The molecule has 0 bridgehead atoms. The van der Waals surface area contributed by atoms with Crippen LogP contribution in [0.4, 0.5) is 0 Å². The number of ether oxygens (including phenoxy) is 2. The second-order valence-corrected chi connectivity index (χ2v) is 8.13. The van der Waals surface area contributed by atoms with Gasteiger partial charge in [0.1, 0.15) is 38.1 Å². The molecule has 1 N–H and O–H groups in total. The van der Waals surface area contributed by atoms with Gasteiger partial charge in [-0.3, -0.25) is 14.4 Å². The van der Waals surface area contributed by atoms with E-state index in [2.05, 4.69) is 46.9 Å². The van der Waals surface area contributed by atoms with Crippen molar-refractivity contribution in [1.29, 1.82) is 0 Å². The first kappa shape index (κ1) is 53.9.